The molecule has 0 aromatic heterocycles. The van der Waals surface area contributed by atoms with E-state index in [2.05, 4.69) is 43.2 Å². The van der Waals surface area contributed by atoms with E-state index >= 15 is 0 Å². The van der Waals surface area contributed by atoms with E-state index in [9.17, 15) is 0 Å². The fourth-order valence-corrected chi connectivity index (χ4v) is 1.97. The normalized spacial score (nSPS) is 28.9. The molecule has 0 fully saturated rings. The van der Waals surface area contributed by atoms with E-state index in [0.29, 0.717) is 6.04 Å². The summed E-state index contributed by atoms with van der Waals surface area (Å²) in [4.78, 5) is 2.42. The molecule has 0 aromatic carbocycles. The maximum absolute atomic E-state index is 2.42. The van der Waals surface area contributed by atoms with Crippen LogP contribution in [0.4, 0.5) is 0 Å². The molecule has 1 unspecified atom stereocenters. The summed E-state index contributed by atoms with van der Waals surface area (Å²) in [6.45, 7) is 3.41. The van der Waals surface area contributed by atoms with Gasteiger partial charge in [-0.05, 0) is 38.0 Å². The van der Waals surface area contributed by atoms with Crippen molar-refractivity contribution in [3.8, 4) is 0 Å². The molecular weight excluding hydrogens is 158 g/mol. The fourth-order valence-electron chi connectivity index (χ4n) is 1.97. The van der Waals surface area contributed by atoms with Crippen molar-refractivity contribution in [3.05, 3.63) is 35.5 Å². The van der Waals surface area contributed by atoms with Gasteiger partial charge in [0.15, 0.2) is 0 Å². The van der Waals surface area contributed by atoms with Gasteiger partial charge in [-0.3, -0.25) is 4.90 Å². The van der Waals surface area contributed by atoms with Gasteiger partial charge in [0.1, 0.15) is 0 Å². The quantitative estimate of drug-likeness (QED) is 0.550. The Bertz CT molecular complexity index is 261. The second-order valence-corrected chi connectivity index (χ2v) is 4.06. The minimum absolute atomic E-state index is 0. The molecule has 72 valence electrons. The Hall–Kier alpha value is -0.820. The lowest BCUT2D eigenvalue weighted by Gasteiger charge is -2.31. The molecule has 1 heterocycles. The predicted octanol–water partition coefficient (Wildman–Crippen LogP) is 2.77. The third-order valence-corrected chi connectivity index (χ3v) is 3.01. The largest absolute Gasteiger partial charge is 0.299 e. The topological polar surface area (TPSA) is 3.24 Å². The average Bonchev–Trinajstić information content (AvgIpc) is 2.31. The van der Waals surface area contributed by atoms with Crippen LogP contribution in [0, 0.1) is 0 Å². The van der Waals surface area contributed by atoms with E-state index in [1.54, 1.807) is 5.57 Å². The molecule has 0 radical (unpaired) electrons. The van der Waals surface area contributed by atoms with Gasteiger partial charge < -0.3 is 0 Å². The zero-order valence-electron chi connectivity index (χ0n) is 8.46. The second kappa shape index (κ2) is 3.51. The fraction of sp³-hybridized carbons (Fsp3) is 0.500. The van der Waals surface area contributed by atoms with Crippen molar-refractivity contribution < 1.29 is 1.43 Å². The van der Waals surface area contributed by atoms with Crippen molar-refractivity contribution in [1.29, 1.82) is 0 Å². The Labute approximate surface area is 81.9 Å². The SMILES string of the molecule is CC1CC2=C(C=CCC=C2)CN1C.[HH]. The molecular formula is C12H19N. The van der Waals surface area contributed by atoms with Crippen LogP contribution in [0.3, 0.4) is 0 Å². The molecule has 0 aromatic rings. The van der Waals surface area contributed by atoms with Crippen LogP contribution in [0.15, 0.2) is 35.5 Å². The highest BCUT2D eigenvalue weighted by Gasteiger charge is 2.19. The molecule has 1 heteroatoms. The molecule has 1 aliphatic carbocycles. The van der Waals surface area contributed by atoms with E-state index < -0.39 is 0 Å². The Morgan fingerprint density at radius 3 is 2.77 bits per heavy atom. The molecule has 13 heavy (non-hydrogen) atoms. The van der Waals surface area contributed by atoms with Crippen molar-refractivity contribution in [1.82, 2.24) is 4.90 Å². The summed E-state index contributed by atoms with van der Waals surface area (Å²) in [6, 6.07) is 0.690. The van der Waals surface area contributed by atoms with E-state index in [4.69, 9.17) is 0 Å². The lowest BCUT2D eigenvalue weighted by Crippen LogP contribution is -2.34. The lowest BCUT2D eigenvalue weighted by molar-refractivity contribution is 0.265. The number of hydrogen-bond acceptors (Lipinski definition) is 1. The van der Waals surface area contributed by atoms with Crippen molar-refractivity contribution in [2.45, 2.75) is 25.8 Å². The molecule has 1 atom stereocenters. The van der Waals surface area contributed by atoms with E-state index in [1.165, 1.54) is 12.0 Å². The van der Waals surface area contributed by atoms with Crippen LogP contribution in [0.5, 0.6) is 0 Å². The monoisotopic (exact) mass is 177 g/mol. The first-order valence-corrected chi connectivity index (χ1v) is 5.02. The zero-order chi connectivity index (χ0) is 9.26. The number of likely N-dealkylation sites (N-methyl/N-ethyl adjacent to an activating group) is 1. The van der Waals surface area contributed by atoms with Crippen LogP contribution in [0.2, 0.25) is 0 Å². The standard InChI is InChI=1S/C12H17N.H2/c1-10-8-11-6-4-3-5-7-12(11)9-13(10)2;/h4-7,10H,3,8-9H2,1-2H3;1H. The highest BCUT2D eigenvalue weighted by molar-refractivity contribution is 5.39. The maximum Gasteiger partial charge on any atom is 0.0236 e. The Kier molecular flexibility index (Phi) is 2.36. The van der Waals surface area contributed by atoms with Crippen molar-refractivity contribution in [2.75, 3.05) is 13.6 Å². The number of hydrogen-bond donors (Lipinski definition) is 0. The van der Waals surface area contributed by atoms with Gasteiger partial charge in [0.2, 0.25) is 0 Å². The molecule has 0 saturated heterocycles. The van der Waals surface area contributed by atoms with E-state index in [1.807, 2.05) is 0 Å². The van der Waals surface area contributed by atoms with Crippen LogP contribution in [0.25, 0.3) is 0 Å². The minimum atomic E-state index is 0. The maximum atomic E-state index is 2.42. The zero-order valence-corrected chi connectivity index (χ0v) is 8.46. The van der Waals surface area contributed by atoms with Crippen molar-refractivity contribution >= 4 is 0 Å². The summed E-state index contributed by atoms with van der Waals surface area (Å²) >= 11 is 0. The minimum Gasteiger partial charge on any atom is -0.299 e. The van der Waals surface area contributed by atoms with Gasteiger partial charge in [0, 0.05) is 14.0 Å². The van der Waals surface area contributed by atoms with Gasteiger partial charge in [-0.2, -0.15) is 0 Å². The molecule has 1 aliphatic heterocycles. The van der Waals surface area contributed by atoms with Gasteiger partial charge in [-0.25, -0.2) is 0 Å². The molecule has 0 amide bonds. The van der Waals surface area contributed by atoms with Gasteiger partial charge in [0.05, 0.1) is 0 Å². The first-order valence-electron chi connectivity index (χ1n) is 5.02. The molecule has 0 N–H and O–H groups in total. The third kappa shape index (κ3) is 1.75. The summed E-state index contributed by atoms with van der Waals surface area (Å²) in [5, 5.41) is 0. The summed E-state index contributed by atoms with van der Waals surface area (Å²) in [7, 11) is 2.21. The average molecular weight is 177 g/mol. The highest BCUT2D eigenvalue weighted by Crippen LogP contribution is 2.25. The highest BCUT2D eigenvalue weighted by atomic mass is 15.1. The summed E-state index contributed by atoms with van der Waals surface area (Å²) in [6.07, 6.45) is 11.4. The molecule has 2 rings (SSSR count). The van der Waals surface area contributed by atoms with Crippen LogP contribution in [-0.2, 0) is 0 Å². The first-order chi connectivity index (χ1) is 6.27. The van der Waals surface area contributed by atoms with Crippen molar-refractivity contribution in [2.24, 2.45) is 0 Å². The third-order valence-electron chi connectivity index (χ3n) is 3.01. The van der Waals surface area contributed by atoms with Gasteiger partial charge in [-0.1, -0.05) is 24.3 Å². The van der Waals surface area contributed by atoms with Gasteiger partial charge in [-0.15, -0.1) is 0 Å². The Morgan fingerprint density at radius 1 is 1.31 bits per heavy atom. The summed E-state index contributed by atoms with van der Waals surface area (Å²) < 4.78 is 0. The number of allylic oxidation sites excluding steroid dienone is 3. The van der Waals surface area contributed by atoms with Crippen LogP contribution in [-0.4, -0.2) is 24.5 Å². The summed E-state index contributed by atoms with van der Waals surface area (Å²) in [5.74, 6) is 0. The number of nitrogens with zero attached hydrogens (tertiary/aromatic N) is 1. The summed E-state index contributed by atoms with van der Waals surface area (Å²) in [5.41, 5.74) is 3.05. The molecule has 1 nitrogen and oxygen atoms in total. The van der Waals surface area contributed by atoms with Crippen molar-refractivity contribution in [3.63, 3.8) is 0 Å². The molecule has 0 saturated carbocycles. The van der Waals surface area contributed by atoms with Gasteiger partial charge in [0.25, 0.3) is 0 Å². The molecule has 0 bridgehead atoms. The first kappa shape index (κ1) is 8.76. The molecule has 0 spiro atoms. The van der Waals surface area contributed by atoms with Crippen LogP contribution < -0.4 is 0 Å². The Balaban J connectivity index is 0.000000980. The van der Waals surface area contributed by atoms with E-state index in [0.717, 1.165) is 13.0 Å². The van der Waals surface area contributed by atoms with Crippen LogP contribution in [0.1, 0.15) is 21.2 Å². The second-order valence-electron chi connectivity index (χ2n) is 4.06. The van der Waals surface area contributed by atoms with Gasteiger partial charge >= 0.3 is 0 Å². The molecule has 2 aliphatic rings. The number of rotatable bonds is 0. The van der Waals surface area contributed by atoms with Crippen LogP contribution >= 0.6 is 0 Å². The lowest BCUT2D eigenvalue weighted by atomic mass is 9.95. The Morgan fingerprint density at radius 2 is 2.00 bits per heavy atom. The van der Waals surface area contributed by atoms with E-state index in [-0.39, 0.29) is 1.43 Å². The predicted molar refractivity (Wildman–Crippen MR) is 58.7 cm³/mol. The smallest absolute Gasteiger partial charge is 0.0236 e.